The second kappa shape index (κ2) is 7.71. The minimum absolute atomic E-state index is 0.123. The molecule has 0 radical (unpaired) electrons. The van der Waals surface area contributed by atoms with E-state index in [-0.39, 0.29) is 12.6 Å². The smallest absolute Gasteiger partial charge is 0.204 e. The summed E-state index contributed by atoms with van der Waals surface area (Å²) in [5.74, 6) is 1.94. The number of anilines is 2. The van der Waals surface area contributed by atoms with E-state index in [9.17, 15) is 0 Å². The lowest BCUT2D eigenvalue weighted by molar-refractivity contribution is 0.282. The third-order valence-corrected chi connectivity index (χ3v) is 2.50. The molecule has 1 rings (SSSR count). The molecule has 3 N–H and O–H groups in total. The Balaban J connectivity index is 2.83. The molecule has 0 spiro atoms. The molecule has 0 aliphatic rings. The zero-order valence-corrected chi connectivity index (χ0v) is 11.2. The highest BCUT2D eigenvalue weighted by Crippen LogP contribution is 2.29. The molecule has 0 aliphatic heterocycles. The second-order valence-electron chi connectivity index (χ2n) is 4.09. The van der Waals surface area contributed by atoms with E-state index in [2.05, 4.69) is 27.5 Å². The van der Waals surface area contributed by atoms with E-state index in [1.807, 2.05) is 6.92 Å². The van der Waals surface area contributed by atoms with Crippen molar-refractivity contribution in [2.24, 2.45) is 0 Å². The Morgan fingerprint density at radius 1 is 1.39 bits per heavy atom. The number of ether oxygens (including phenoxy) is 1. The van der Waals surface area contributed by atoms with E-state index in [0.717, 1.165) is 13.0 Å². The predicted molar refractivity (Wildman–Crippen MR) is 72.2 cm³/mol. The van der Waals surface area contributed by atoms with Gasteiger partial charge in [0.15, 0.2) is 11.6 Å². The molecule has 0 aliphatic carbocycles. The van der Waals surface area contributed by atoms with Crippen LogP contribution in [0.2, 0.25) is 0 Å². The Kier molecular flexibility index (Phi) is 6.21. The van der Waals surface area contributed by atoms with Gasteiger partial charge in [-0.3, -0.25) is 0 Å². The SMILES string of the molecule is CCCNc1ncnc(NC(C)CCO)c1OC. The number of hydrogen-bond acceptors (Lipinski definition) is 6. The van der Waals surface area contributed by atoms with E-state index >= 15 is 0 Å². The second-order valence-corrected chi connectivity index (χ2v) is 4.09. The van der Waals surface area contributed by atoms with Crippen molar-refractivity contribution in [3.8, 4) is 5.75 Å². The Morgan fingerprint density at radius 2 is 2.11 bits per heavy atom. The van der Waals surface area contributed by atoms with Gasteiger partial charge in [-0.25, -0.2) is 9.97 Å². The Morgan fingerprint density at radius 3 is 2.72 bits per heavy atom. The molecule has 102 valence electrons. The summed E-state index contributed by atoms with van der Waals surface area (Å²) in [6.07, 6.45) is 3.16. The number of aliphatic hydroxyl groups is 1. The molecule has 0 bridgehead atoms. The molecule has 6 nitrogen and oxygen atoms in total. The standard InChI is InChI=1S/C12H22N4O2/c1-4-6-13-11-10(18-3)12(15-8-14-11)16-9(2)5-7-17/h8-9,17H,4-7H2,1-3H3,(H2,13,14,15,16). The van der Waals surface area contributed by atoms with Crippen LogP contribution in [0.5, 0.6) is 5.75 Å². The van der Waals surface area contributed by atoms with Gasteiger partial charge in [0, 0.05) is 19.2 Å². The van der Waals surface area contributed by atoms with Gasteiger partial charge in [-0.1, -0.05) is 6.92 Å². The van der Waals surface area contributed by atoms with Crippen LogP contribution in [0.15, 0.2) is 6.33 Å². The van der Waals surface area contributed by atoms with Crippen LogP contribution >= 0.6 is 0 Å². The molecule has 0 aromatic carbocycles. The third kappa shape index (κ3) is 4.03. The van der Waals surface area contributed by atoms with E-state index in [1.165, 1.54) is 6.33 Å². The molecule has 6 heteroatoms. The first-order valence-electron chi connectivity index (χ1n) is 6.23. The Bertz CT molecular complexity index is 360. The number of nitrogens with zero attached hydrogens (tertiary/aromatic N) is 2. The average Bonchev–Trinajstić information content (AvgIpc) is 2.36. The fraction of sp³-hybridized carbons (Fsp3) is 0.667. The van der Waals surface area contributed by atoms with Crippen molar-refractivity contribution in [3.05, 3.63) is 6.33 Å². The van der Waals surface area contributed by atoms with Crippen LogP contribution in [0.25, 0.3) is 0 Å². The van der Waals surface area contributed by atoms with Crippen LogP contribution in [0.1, 0.15) is 26.7 Å². The third-order valence-electron chi connectivity index (χ3n) is 2.50. The fourth-order valence-corrected chi connectivity index (χ4v) is 1.54. The molecule has 18 heavy (non-hydrogen) atoms. The zero-order chi connectivity index (χ0) is 13.4. The van der Waals surface area contributed by atoms with Crippen LogP contribution < -0.4 is 15.4 Å². The van der Waals surface area contributed by atoms with Gasteiger partial charge in [0.2, 0.25) is 5.75 Å². The van der Waals surface area contributed by atoms with Crippen molar-refractivity contribution >= 4 is 11.6 Å². The number of hydrogen-bond donors (Lipinski definition) is 3. The van der Waals surface area contributed by atoms with E-state index in [1.54, 1.807) is 7.11 Å². The number of aliphatic hydroxyl groups excluding tert-OH is 1. The maximum atomic E-state index is 8.90. The van der Waals surface area contributed by atoms with Gasteiger partial charge in [-0.15, -0.1) is 0 Å². The molecule has 0 amide bonds. The van der Waals surface area contributed by atoms with Gasteiger partial charge in [-0.05, 0) is 19.8 Å². The quantitative estimate of drug-likeness (QED) is 0.652. The summed E-state index contributed by atoms with van der Waals surface area (Å²) in [6.45, 7) is 5.04. The lowest BCUT2D eigenvalue weighted by atomic mass is 10.2. The summed E-state index contributed by atoms with van der Waals surface area (Å²) in [7, 11) is 1.59. The molecule has 1 atom stereocenters. The predicted octanol–water partition coefficient (Wildman–Crippen LogP) is 1.49. The largest absolute Gasteiger partial charge is 0.490 e. The zero-order valence-electron chi connectivity index (χ0n) is 11.2. The molecule has 1 aromatic rings. The first-order chi connectivity index (χ1) is 8.72. The maximum absolute atomic E-state index is 8.90. The lowest BCUT2D eigenvalue weighted by Crippen LogP contribution is -2.18. The Hall–Kier alpha value is -1.56. The van der Waals surface area contributed by atoms with Gasteiger partial charge in [0.1, 0.15) is 6.33 Å². The van der Waals surface area contributed by atoms with Crippen LogP contribution in [0.4, 0.5) is 11.6 Å². The number of methoxy groups -OCH3 is 1. The van der Waals surface area contributed by atoms with E-state index in [4.69, 9.17) is 9.84 Å². The maximum Gasteiger partial charge on any atom is 0.204 e. The van der Waals surface area contributed by atoms with Crippen LogP contribution in [-0.4, -0.2) is 41.4 Å². The fourth-order valence-electron chi connectivity index (χ4n) is 1.54. The highest BCUT2D eigenvalue weighted by Gasteiger charge is 2.13. The number of aromatic nitrogens is 2. The topological polar surface area (TPSA) is 79.3 Å². The molecule has 0 saturated heterocycles. The minimum Gasteiger partial charge on any atom is -0.490 e. The van der Waals surface area contributed by atoms with Crippen LogP contribution in [-0.2, 0) is 0 Å². The monoisotopic (exact) mass is 254 g/mol. The average molecular weight is 254 g/mol. The van der Waals surface area contributed by atoms with Crippen molar-refractivity contribution in [2.75, 3.05) is 30.9 Å². The summed E-state index contributed by atoms with van der Waals surface area (Å²) in [5, 5.41) is 15.3. The van der Waals surface area contributed by atoms with Crippen molar-refractivity contribution in [3.63, 3.8) is 0 Å². The van der Waals surface area contributed by atoms with Crippen molar-refractivity contribution in [1.82, 2.24) is 9.97 Å². The first kappa shape index (κ1) is 14.5. The van der Waals surface area contributed by atoms with E-state index in [0.29, 0.717) is 23.8 Å². The van der Waals surface area contributed by atoms with Crippen LogP contribution in [0.3, 0.4) is 0 Å². The van der Waals surface area contributed by atoms with Gasteiger partial charge < -0.3 is 20.5 Å². The number of nitrogens with one attached hydrogen (secondary N) is 2. The lowest BCUT2D eigenvalue weighted by Gasteiger charge is -2.17. The normalized spacial score (nSPS) is 12.0. The number of rotatable bonds is 8. The minimum atomic E-state index is 0.123. The molecule has 0 saturated carbocycles. The van der Waals surface area contributed by atoms with Gasteiger partial charge >= 0.3 is 0 Å². The summed E-state index contributed by atoms with van der Waals surface area (Å²) in [5.41, 5.74) is 0. The summed E-state index contributed by atoms with van der Waals surface area (Å²) >= 11 is 0. The highest BCUT2D eigenvalue weighted by atomic mass is 16.5. The molecule has 1 unspecified atom stereocenters. The molecular weight excluding hydrogens is 232 g/mol. The van der Waals surface area contributed by atoms with Crippen molar-refractivity contribution in [2.45, 2.75) is 32.7 Å². The summed E-state index contributed by atoms with van der Waals surface area (Å²) < 4.78 is 5.34. The molecule has 0 fully saturated rings. The molecule has 1 aromatic heterocycles. The summed E-state index contributed by atoms with van der Waals surface area (Å²) in [4.78, 5) is 8.34. The molecular formula is C12H22N4O2. The van der Waals surface area contributed by atoms with Gasteiger partial charge in [0.25, 0.3) is 0 Å². The van der Waals surface area contributed by atoms with Crippen molar-refractivity contribution < 1.29 is 9.84 Å². The highest BCUT2D eigenvalue weighted by molar-refractivity contribution is 5.63. The van der Waals surface area contributed by atoms with Gasteiger partial charge in [-0.2, -0.15) is 0 Å². The summed E-state index contributed by atoms with van der Waals surface area (Å²) in [6, 6.07) is 0.123. The first-order valence-corrected chi connectivity index (χ1v) is 6.23. The van der Waals surface area contributed by atoms with Crippen molar-refractivity contribution in [1.29, 1.82) is 0 Å². The van der Waals surface area contributed by atoms with Crippen LogP contribution in [0, 0.1) is 0 Å². The van der Waals surface area contributed by atoms with E-state index < -0.39 is 0 Å². The van der Waals surface area contributed by atoms with Gasteiger partial charge in [0.05, 0.1) is 7.11 Å². The molecule has 1 heterocycles. The Labute approximate surface area is 108 Å².